The van der Waals surface area contributed by atoms with Gasteiger partial charge in [-0.1, -0.05) is 0 Å². The molecule has 0 N–H and O–H groups in total. The zero-order valence-corrected chi connectivity index (χ0v) is 10.3. The molecule has 0 aliphatic carbocycles. The third-order valence-electron chi connectivity index (χ3n) is 4.06. The minimum absolute atomic E-state index is 0.0577. The molecular formula is C12H22F2N2. The van der Waals surface area contributed by atoms with Crippen molar-refractivity contribution in [3.05, 3.63) is 0 Å². The Bertz CT molecular complexity index is 245. The van der Waals surface area contributed by atoms with E-state index in [0.717, 1.165) is 13.1 Å². The number of rotatable bonds is 1. The SMILES string of the molecule is CN1CCCC(C2CCC(F)(F)CN2C)C1. The van der Waals surface area contributed by atoms with Crippen molar-refractivity contribution in [2.24, 2.45) is 5.92 Å². The highest BCUT2D eigenvalue weighted by Crippen LogP contribution is 2.34. The predicted octanol–water partition coefficient (Wildman–Crippen LogP) is 2.06. The van der Waals surface area contributed by atoms with Crippen LogP contribution in [0.25, 0.3) is 0 Å². The largest absolute Gasteiger partial charge is 0.306 e. The maximum atomic E-state index is 13.2. The van der Waals surface area contributed by atoms with Crippen LogP contribution in [0.1, 0.15) is 25.7 Å². The normalized spacial score (nSPS) is 37.5. The fraction of sp³-hybridized carbons (Fsp3) is 1.00. The number of likely N-dealkylation sites (tertiary alicyclic amines) is 2. The first kappa shape index (κ1) is 12.2. The highest BCUT2D eigenvalue weighted by molar-refractivity contribution is 4.90. The Balaban J connectivity index is 1.94. The number of hydrogen-bond acceptors (Lipinski definition) is 2. The topological polar surface area (TPSA) is 6.48 Å². The highest BCUT2D eigenvalue weighted by atomic mass is 19.3. The quantitative estimate of drug-likeness (QED) is 0.683. The third kappa shape index (κ3) is 2.72. The average Bonchev–Trinajstić information content (AvgIpc) is 2.15. The summed E-state index contributed by atoms with van der Waals surface area (Å²) in [6, 6.07) is 0.363. The van der Waals surface area contributed by atoms with Crippen LogP contribution in [0.3, 0.4) is 0 Å². The number of alkyl halides is 2. The second-order valence-corrected chi connectivity index (χ2v) is 5.54. The number of nitrogens with zero attached hydrogens (tertiary/aromatic N) is 2. The molecule has 2 aliphatic rings. The minimum Gasteiger partial charge on any atom is -0.306 e. The Morgan fingerprint density at radius 2 is 1.94 bits per heavy atom. The van der Waals surface area contributed by atoms with Crippen molar-refractivity contribution in [2.75, 3.05) is 33.7 Å². The molecule has 0 aromatic rings. The Labute approximate surface area is 96.6 Å². The van der Waals surface area contributed by atoms with Gasteiger partial charge in [0.1, 0.15) is 0 Å². The van der Waals surface area contributed by atoms with E-state index < -0.39 is 5.92 Å². The third-order valence-corrected chi connectivity index (χ3v) is 4.06. The maximum Gasteiger partial charge on any atom is 0.260 e. The van der Waals surface area contributed by atoms with Crippen molar-refractivity contribution < 1.29 is 8.78 Å². The molecule has 4 heteroatoms. The van der Waals surface area contributed by atoms with Crippen LogP contribution in [0.2, 0.25) is 0 Å². The number of piperidine rings is 2. The molecular weight excluding hydrogens is 210 g/mol. The predicted molar refractivity (Wildman–Crippen MR) is 60.8 cm³/mol. The molecule has 2 atom stereocenters. The van der Waals surface area contributed by atoms with E-state index in [1.54, 1.807) is 0 Å². The van der Waals surface area contributed by atoms with Crippen LogP contribution in [0.5, 0.6) is 0 Å². The second kappa shape index (κ2) is 4.57. The van der Waals surface area contributed by atoms with E-state index >= 15 is 0 Å². The van der Waals surface area contributed by atoms with E-state index in [4.69, 9.17) is 0 Å². The zero-order chi connectivity index (χ0) is 11.8. The lowest BCUT2D eigenvalue weighted by Gasteiger charge is -2.44. The molecule has 0 aromatic carbocycles. The Morgan fingerprint density at radius 3 is 2.56 bits per heavy atom. The summed E-state index contributed by atoms with van der Waals surface area (Å²) in [4.78, 5) is 4.21. The van der Waals surface area contributed by atoms with Crippen molar-refractivity contribution in [1.82, 2.24) is 9.80 Å². The minimum atomic E-state index is -2.47. The van der Waals surface area contributed by atoms with Gasteiger partial charge in [-0.25, -0.2) is 8.78 Å². The summed E-state index contributed by atoms with van der Waals surface area (Å²) in [5.41, 5.74) is 0. The van der Waals surface area contributed by atoms with Crippen LogP contribution in [0, 0.1) is 5.92 Å². The van der Waals surface area contributed by atoms with Crippen molar-refractivity contribution in [3.63, 3.8) is 0 Å². The van der Waals surface area contributed by atoms with Crippen LogP contribution in [0.4, 0.5) is 8.78 Å². The first-order chi connectivity index (χ1) is 7.48. The van der Waals surface area contributed by atoms with Gasteiger partial charge in [-0.2, -0.15) is 0 Å². The van der Waals surface area contributed by atoms with Crippen LogP contribution >= 0.6 is 0 Å². The summed E-state index contributed by atoms with van der Waals surface area (Å²) in [7, 11) is 3.98. The molecule has 0 amide bonds. The fourth-order valence-corrected chi connectivity index (χ4v) is 3.26. The smallest absolute Gasteiger partial charge is 0.260 e. The van der Waals surface area contributed by atoms with Crippen molar-refractivity contribution in [2.45, 2.75) is 37.6 Å². The standard InChI is InChI=1S/C12H22F2N2/c1-15-7-3-4-10(8-15)11-5-6-12(13,14)9-16(11)2/h10-11H,3-9H2,1-2H3. The summed E-state index contributed by atoms with van der Waals surface area (Å²) < 4.78 is 26.4. The summed E-state index contributed by atoms with van der Waals surface area (Å²) in [6.07, 6.45) is 3.14. The molecule has 2 unspecified atom stereocenters. The Kier molecular flexibility index (Phi) is 3.50. The molecule has 2 fully saturated rings. The summed E-state index contributed by atoms with van der Waals surface area (Å²) in [5.74, 6) is -1.88. The molecule has 2 rings (SSSR count). The van der Waals surface area contributed by atoms with Crippen molar-refractivity contribution in [1.29, 1.82) is 0 Å². The fourth-order valence-electron chi connectivity index (χ4n) is 3.26. The van der Waals surface area contributed by atoms with E-state index in [2.05, 4.69) is 11.9 Å². The van der Waals surface area contributed by atoms with Gasteiger partial charge in [0.25, 0.3) is 5.92 Å². The summed E-state index contributed by atoms with van der Waals surface area (Å²) >= 11 is 0. The van der Waals surface area contributed by atoms with Crippen LogP contribution < -0.4 is 0 Å². The van der Waals surface area contributed by atoms with Gasteiger partial charge in [0, 0.05) is 19.0 Å². The molecule has 2 aliphatic heterocycles. The van der Waals surface area contributed by atoms with Crippen LogP contribution in [-0.4, -0.2) is 55.5 Å². The van der Waals surface area contributed by atoms with E-state index in [9.17, 15) is 8.78 Å². The van der Waals surface area contributed by atoms with Gasteiger partial charge in [-0.05, 0) is 45.8 Å². The molecule has 2 saturated heterocycles. The van der Waals surface area contributed by atoms with E-state index in [1.165, 1.54) is 12.8 Å². The molecule has 0 saturated carbocycles. The lowest BCUT2D eigenvalue weighted by atomic mass is 9.84. The summed E-state index contributed by atoms with van der Waals surface area (Å²) in [5, 5.41) is 0. The average molecular weight is 232 g/mol. The van der Waals surface area contributed by atoms with Crippen LogP contribution in [0.15, 0.2) is 0 Å². The van der Waals surface area contributed by atoms with Gasteiger partial charge in [0.2, 0.25) is 0 Å². The number of halogens is 2. The molecule has 2 nitrogen and oxygen atoms in total. The molecule has 16 heavy (non-hydrogen) atoms. The van der Waals surface area contributed by atoms with Gasteiger partial charge >= 0.3 is 0 Å². The van der Waals surface area contributed by atoms with Gasteiger partial charge in [0.15, 0.2) is 0 Å². The van der Waals surface area contributed by atoms with E-state index in [1.807, 2.05) is 11.9 Å². The molecule has 2 heterocycles. The maximum absolute atomic E-state index is 13.2. The second-order valence-electron chi connectivity index (χ2n) is 5.54. The van der Waals surface area contributed by atoms with Crippen molar-refractivity contribution in [3.8, 4) is 0 Å². The number of hydrogen-bond donors (Lipinski definition) is 0. The summed E-state index contributed by atoms with van der Waals surface area (Å²) in [6.45, 7) is 2.17. The van der Waals surface area contributed by atoms with Gasteiger partial charge in [-0.3, -0.25) is 4.90 Å². The molecule has 0 radical (unpaired) electrons. The first-order valence-corrected chi connectivity index (χ1v) is 6.24. The molecule has 0 spiro atoms. The Hall–Kier alpha value is -0.220. The Morgan fingerprint density at radius 1 is 1.19 bits per heavy atom. The zero-order valence-electron chi connectivity index (χ0n) is 10.3. The van der Waals surface area contributed by atoms with E-state index in [0.29, 0.717) is 18.4 Å². The van der Waals surface area contributed by atoms with Crippen LogP contribution in [-0.2, 0) is 0 Å². The monoisotopic (exact) mass is 232 g/mol. The van der Waals surface area contributed by atoms with E-state index in [-0.39, 0.29) is 13.0 Å². The van der Waals surface area contributed by atoms with Gasteiger partial charge in [0.05, 0.1) is 6.54 Å². The first-order valence-electron chi connectivity index (χ1n) is 6.24. The molecule has 0 bridgehead atoms. The van der Waals surface area contributed by atoms with Gasteiger partial charge in [-0.15, -0.1) is 0 Å². The lowest BCUT2D eigenvalue weighted by Crippen LogP contribution is -2.52. The molecule has 0 aromatic heterocycles. The highest BCUT2D eigenvalue weighted by Gasteiger charge is 2.41. The molecule has 94 valence electrons. The lowest BCUT2D eigenvalue weighted by molar-refractivity contribution is -0.0878. The van der Waals surface area contributed by atoms with Gasteiger partial charge < -0.3 is 4.90 Å². The van der Waals surface area contributed by atoms with Crippen molar-refractivity contribution >= 4 is 0 Å².